The normalized spacial score (nSPS) is 17.7. The summed E-state index contributed by atoms with van der Waals surface area (Å²) in [4.78, 5) is 0. The third-order valence-corrected chi connectivity index (χ3v) is 4.02. The summed E-state index contributed by atoms with van der Waals surface area (Å²) in [7, 11) is 0. The Labute approximate surface area is 109 Å². The Kier molecular flexibility index (Phi) is 2.61. The zero-order valence-electron chi connectivity index (χ0n) is 10.3. The Morgan fingerprint density at radius 1 is 1.00 bits per heavy atom. The predicted octanol–water partition coefficient (Wildman–Crippen LogP) is 3.85. The van der Waals surface area contributed by atoms with Gasteiger partial charge in [0.2, 0.25) is 0 Å². The molecule has 0 heterocycles. The molecule has 0 spiro atoms. The van der Waals surface area contributed by atoms with Crippen molar-refractivity contribution in [2.24, 2.45) is 5.73 Å². The number of benzene rings is 2. The van der Waals surface area contributed by atoms with E-state index in [1.54, 1.807) is 6.07 Å². The number of fused-ring (bicyclic) bond motifs is 1. The van der Waals surface area contributed by atoms with Gasteiger partial charge in [-0.1, -0.05) is 24.3 Å². The van der Waals surface area contributed by atoms with Crippen LogP contribution in [0.5, 0.6) is 0 Å². The van der Waals surface area contributed by atoms with Gasteiger partial charge < -0.3 is 5.73 Å². The summed E-state index contributed by atoms with van der Waals surface area (Å²) in [5.41, 5.74) is 6.38. The molecule has 0 atom stereocenters. The van der Waals surface area contributed by atoms with E-state index in [9.17, 15) is 13.2 Å². The highest BCUT2D eigenvalue weighted by Gasteiger charge is 2.42. The average Bonchev–Trinajstić information content (AvgIpc) is 3.17. The Hall–Kier alpha value is -1.55. The van der Waals surface area contributed by atoms with Crippen LogP contribution in [0.2, 0.25) is 0 Å². The van der Waals surface area contributed by atoms with Crippen molar-refractivity contribution in [3.05, 3.63) is 47.5 Å². The van der Waals surface area contributed by atoms with Crippen LogP contribution < -0.4 is 5.73 Å². The Morgan fingerprint density at radius 3 is 2.21 bits per heavy atom. The topological polar surface area (TPSA) is 26.0 Å². The minimum atomic E-state index is -4.29. The molecule has 0 amide bonds. The van der Waals surface area contributed by atoms with Crippen LogP contribution in [0.4, 0.5) is 13.2 Å². The Balaban J connectivity index is 2.06. The lowest BCUT2D eigenvalue weighted by Gasteiger charge is -2.14. The van der Waals surface area contributed by atoms with Gasteiger partial charge in [-0.15, -0.1) is 0 Å². The lowest BCUT2D eigenvalue weighted by molar-refractivity contribution is -0.137. The molecule has 19 heavy (non-hydrogen) atoms. The quantitative estimate of drug-likeness (QED) is 0.877. The molecule has 0 unspecified atom stereocenters. The van der Waals surface area contributed by atoms with Gasteiger partial charge in [-0.2, -0.15) is 13.2 Å². The van der Waals surface area contributed by atoms with E-state index in [4.69, 9.17) is 5.73 Å². The van der Waals surface area contributed by atoms with Crippen molar-refractivity contribution < 1.29 is 13.2 Å². The molecule has 0 radical (unpaired) electrons. The number of rotatable bonds is 2. The monoisotopic (exact) mass is 265 g/mol. The minimum absolute atomic E-state index is 0.0664. The molecule has 2 aromatic carbocycles. The van der Waals surface area contributed by atoms with E-state index in [0.717, 1.165) is 29.9 Å². The van der Waals surface area contributed by atoms with Crippen LogP contribution in [0.15, 0.2) is 36.4 Å². The second kappa shape index (κ2) is 3.97. The number of halogens is 3. The maximum absolute atomic E-state index is 12.6. The fourth-order valence-corrected chi connectivity index (χ4v) is 2.51. The van der Waals surface area contributed by atoms with E-state index in [-0.39, 0.29) is 5.41 Å². The van der Waals surface area contributed by atoms with E-state index in [1.807, 2.05) is 12.1 Å². The summed E-state index contributed by atoms with van der Waals surface area (Å²) < 4.78 is 37.9. The van der Waals surface area contributed by atoms with Gasteiger partial charge in [-0.3, -0.25) is 0 Å². The molecule has 3 rings (SSSR count). The first-order chi connectivity index (χ1) is 8.94. The van der Waals surface area contributed by atoms with Gasteiger partial charge >= 0.3 is 6.18 Å². The maximum atomic E-state index is 12.6. The summed E-state index contributed by atoms with van der Waals surface area (Å²) in [5, 5.41) is 1.46. The molecule has 0 aliphatic heterocycles. The highest BCUT2D eigenvalue weighted by molar-refractivity contribution is 5.84. The number of nitrogens with two attached hydrogens (primary N) is 1. The molecule has 100 valence electrons. The summed E-state index contributed by atoms with van der Waals surface area (Å²) in [6.45, 7) is 0.596. The SMILES string of the molecule is NCC1(c2ccc3cc(C(F)(F)F)ccc3c2)CC1. The third-order valence-electron chi connectivity index (χ3n) is 4.02. The molecule has 1 aliphatic rings. The molecule has 1 aliphatic carbocycles. The lowest BCUT2D eigenvalue weighted by Crippen LogP contribution is -2.19. The standard InChI is InChI=1S/C15H14F3N/c16-15(17,18)13-4-2-10-7-12(3-1-11(10)8-13)14(9-19)5-6-14/h1-4,7-8H,5-6,9,19H2. The highest BCUT2D eigenvalue weighted by Crippen LogP contribution is 2.47. The molecular formula is C15H14F3N. The Bertz CT molecular complexity index is 627. The van der Waals surface area contributed by atoms with E-state index >= 15 is 0 Å². The van der Waals surface area contributed by atoms with Gasteiger partial charge in [-0.25, -0.2) is 0 Å². The molecule has 0 saturated heterocycles. The largest absolute Gasteiger partial charge is 0.416 e. The van der Waals surface area contributed by atoms with Gasteiger partial charge in [0.25, 0.3) is 0 Å². The van der Waals surface area contributed by atoms with Crippen molar-refractivity contribution in [2.75, 3.05) is 6.54 Å². The first-order valence-corrected chi connectivity index (χ1v) is 6.26. The van der Waals surface area contributed by atoms with Gasteiger partial charge in [-0.05, 0) is 41.3 Å². The summed E-state index contributed by atoms with van der Waals surface area (Å²) in [6.07, 6.45) is -2.16. The molecule has 1 nitrogen and oxygen atoms in total. The van der Waals surface area contributed by atoms with Crippen molar-refractivity contribution >= 4 is 10.8 Å². The fourth-order valence-electron chi connectivity index (χ4n) is 2.51. The first kappa shape index (κ1) is 12.5. The van der Waals surface area contributed by atoms with Crippen molar-refractivity contribution in [1.82, 2.24) is 0 Å². The average molecular weight is 265 g/mol. The van der Waals surface area contributed by atoms with Crippen molar-refractivity contribution in [1.29, 1.82) is 0 Å². The molecule has 0 bridgehead atoms. The molecule has 2 N–H and O–H groups in total. The third kappa shape index (κ3) is 2.10. The smallest absolute Gasteiger partial charge is 0.330 e. The molecule has 0 aromatic heterocycles. The minimum Gasteiger partial charge on any atom is -0.330 e. The van der Waals surface area contributed by atoms with Gasteiger partial charge in [0.1, 0.15) is 0 Å². The van der Waals surface area contributed by atoms with Crippen LogP contribution in [0.3, 0.4) is 0 Å². The van der Waals surface area contributed by atoms with Crippen LogP contribution in [0, 0.1) is 0 Å². The van der Waals surface area contributed by atoms with Gasteiger partial charge in [0.05, 0.1) is 5.56 Å². The van der Waals surface area contributed by atoms with Crippen molar-refractivity contribution in [3.8, 4) is 0 Å². The molecule has 1 saturated carbocycles. The number of hydrogen-bond acceptors (Lipinski definition) is 1. The van der Waals surface area contributed by atoms with Crippen molar-refractivity contribution in [2.45, 2.75) is 24.4 Å². The number of alkyl halides is 3. The molecular weight excluding hydrogens is 251 g/mol. The van der Waals surface area contributed by atoms with E-state index in [0.29, 0.717) is 11.9 Å². The summed E-state index contributed by atoms with van der Waals surface area (Å²) in [6, 6.07) is 9.50. The van der Waals surface area contributed by atoms with E-state index in [1.165, 1.54) is 12.1 Å². The zero-order valence-corrected chi connectivity index (χ0v) is 10.3. The summed E-state index contributed by atoms with van der Waals surface area (Å²) >= 11 is 0. The van der Waals surface area contributed by atoms with Gasteiger partial charge in [0, 0.05) is 12.0 Å². The lowest BCUT2D eigenvalue weighted by atomic mass is 9.93. The van der Waals surface area contributed by atoms with Crippen LogP contribution in [0.25, 0.3) is 10.8 Å². The van der Waals surface area contributed by atoms with Crippen LogP contribution in [-0.2, 0) is 11.6 Å². The number of hydrogen-bond donors (Lipinski definition) is 1. The zero-order chi connectivity index (χ0) is 13.7. The van der Waals surface area contributed by atoms with Gasteiger partial charge in [0.15, 0.2) is 0 Å². The van der Waals surface area contributed by atoms with E-state index < -0.39 is 11.7 Å². The van der Waals surface area contributed by atoms with E-state index in [2.05, 4.69) is 0 Å². The molecule has 1 fully saturated rings. The first-order valence-electron chi connectivity index (χ1n) is 6.26. The predicted molar refractivity (Wildman–Crippen MR) is 68.9 cm³/mol. The summed E-state index contributed by atoms with van der Waals surface area (Å²) in [5.74, 6) is 0. The molecule has 4 heteroatoms. The molecule has 2 aromatic rings. The second-order valence-corrected chi connectivity index (χ2v) is 5.26. The highest BCUT2D eigenvalue weighted by atomic mass is 19.4. The van der Waals surface area contributed by atoms with Crippen LogP contribution >= 0.6 is 0 Å². The second-order valence-electron chi connectivity index (χ2n) is 5.26. The van der Waals surface area contributed by atoms with Crippen LogP contribution in [0.1, 0.15) is 24.0 Å². The maximum Gasteiger partial charge on any atom is 0.416 e. The van der Waals surface area contributed by atoms with Crippen molar-refractivity contribution in [3.63, 3.8) is 0 Å². The van der Waals surface area contributed by atoms with Crippen LogP contribution in [-0.4, -0.2) is 6.54 Å². The Morgan fingerprint density at radius 2 is 1.63 bits per heavy atom. The fraction of sp³-hybridized carbons (Fsp3) is 0.333.